The zero-order valence-corrected chi connectivity index (χ0v) is 22.0. The monoisotopic (exact) mass is 515 g/mol. The average Bonchev–Trinajstić information content (AvgIpc) is 3.54. The molecule has 4 nitrogen and oxygen atoms in total. The van der Waals surface area contributed by atoms with Crippen molar-refractivity contribution in [1.82, 2.24) is 14.5 Å². The first-order valence-electron chi connectivity index (χ1n) is 13.5. The molecule has 4 aromatic carbocycles. The van der Waals surface area contributed by atoms with E-state index in [1.54, 1.807) is 6.07 Å². The Bertz CT molecular complexity index is 2120. The Hall–Kier alpha value is -5.22. The maximum atomic E-state index is 11.2. The predicted molar refractivity (Wildman–Crippen MR) is 162 cm³/mol. The second-order valence-electron chi connectivity index (χ2n) is 10.5. The second-order valence-corrected chi connectivity index (χ2v) is 10.5. The largest absolute Gasteiger partial charge is 0.506 e. The molecule has 7 aromatic rings. The van der Waals surface area contributed by atoms with Crippen LogP contribution in [0.4, 0.5) is 0 Å². The van der Waals surface area contributed by atoms with E-state index in [0.717, 1.165) is 56.6 Å². The Balaban J connectivity index is 1.35. The Morgan fingerprint density at radius 1 is 0.725 bits per heavy atom. The van der Waals surface area contributed by atoms with Gasteiger partial charge in [0.2, 0.25) is 0 Å². The molecule has 0 bridgehead atoms. The molecular formula is C36H25N3O. The predicted octanol–water partition coefficient (Wildman–Crippen LogP) is 8.49. The van der Waals surface area contributed by atoms with Crippen LogP contribution in [-0.2, 0) is 6.42 Å². The second kappa shape index (κ2) is 8.65. The molecule has 3 aromatic heterocycles. The van der Waals surface area contributed by atoms with Crippen LogP contribution in [-0.4, -0.2) is 19.6 Å². The number of aromatic nitrogens is 3. The van der Waals surface area contributed by atoms with E-state index in [1.165, 1.54) is 27.8 Å². The van der Waals surface area contributed by atoms with Crippen LogP contribution >= 0.6 is 0 Å². The highest BCUT2D eigenvalue weighted by molar-refractivity contribution is 6.18. The summed E-state index contributed by atoms with van der Waals surface area (Å²) >= 11 is 0. The van der Waals surface area contributed by atoms with Gasteiger partial charge >= 0.3 is 0 Å². The fourth-order valence-electron chi connectivity index (χ4n) is 6.24. The van der Waals surface area contributed by atoms with E-state index in [2.05, 4.69) is 89.3 Å². The highest BCUT2D eigenvalue weighted by atomic mass is 16.3. The van der Waals surface area contributed by atoms with Crippen molar-refractivity contribution in [2.45, 2.75) is 13.3 Å². The van der Waals surface area contributed by atoms with Crippen LogP contribution in [0.2, 0.25) is 0 Å². The van der Waals surface area contributed by atoms with E-state index in [-0.39, 0.29) is 5.75 Å². The van der Waals surface area contributed by atoms with Crippen LogP contribution in [0.3, 0.4) is 0 Å². The van der Waals surface area contributed by atoms with Crippen molar-refractivity contribution in [2.24, 2.45) is 0 Å². The quantitative estimate of drug-likeness (QED) is 0.257. The number of para-hydroxylation sites is 1. The molecule has 1 N–H and O–H groups in total. The van der Waals surface area contributed by atoms with Gasteiger partial charge in [-0.15, -0.1) is 0 Å². The fraction of sp³-hybridized carbons (Fsp3) is 0.0556. The summed E-state index contributed by atoms with van der Waals surface area (Å²) < 4.78 is 2.11. The Kier molecular flexibility index (Phi) is 4.92. The van der Waals surface area contributed by atoms with E-state index in [0.29, 0.717) is 0 Å². The number of hydrogen-bond acceptors (Lipinski definition) is 3. The normalized spacial score (nSPS) is 12.1. The third-order valence-electron chi connectivity index (χ3n) is 8.02. The molecule has 0 spiro atoms. The molecule has 0 aliphatic heterocycles. The van der Waals surface area contributed by atoms with Gasteiger partial charge in [-0.25, -0.2) is 4.98 Å². The Morgan fingerprint density at radius 2 is 1.55 bits per heavy atom. The first-order valence-corrected chi connectivity index (χ1v) is 13.5. The lowest BCUT2D eigenvalue weighted by Crippen LogP contribution is -1.99. The van der Waals surface area contributed by atoms with Gasteiger partial charge in [-0.2, -0.15) is 0 Å². The molecule has 0 atom stereocenters. The molecular weight excluding hydrogens is 490 g/mol. The number of fused-ring (bicyclic) bond motifs is 7. The topological polar surface area (TPSA) is 50.9 Å². The zero-order valence-electron chi connectivity index (χ0n) is 22.0. The minimum atomic E-state index is 0.244. The third kappa shape index (κ3) is 3.39. The molecule has 0 amide bonds. The maximum absolute atomic E-state index is 11.2. The van der Waals surface area contributed by atoms with Crippen molar-refractivity contribution >= 4 is 21.8 Å². The third-order valence-corrected chi connectivity index (χ3v) is 8.02. The zero-order chi connectivity index (χ0) is 26.8. The van der Waals surface area contributed by atoms with Crippen molar-refractivity contribution in [3.8, 4) is 45.2 Å². The molecule has 0 fully saturated rings. The van der Waals surface area contributed by atoms with Gasteiger partial charge in [-0.3, -0.25) is 9.55 Å². The lowest BCUT2D eigenvalue weighted by atomic mass is 9.99. The summed E-state index contributed by atoms with van der Waals surface area (Å²) in [6, 6.07) is 37.4. The first-order chi connectivity index (χ1) is 19.7. The highest BCUT2D eigenvalue weighted by Crippen LogP contribution is 2.47. The lowest BCUT2D eigenvalue weighted by Gasteiger charge is -2.11. The van der Waals surface area contributed by atoms with Crippen LogP contribution in [0.25, 0.3) is 61.3 Å². The summed E-state index contributed by atoms with van der Waals surface area (Å²) in [5.41, 5.74) is 12.1. The summed E-state index contributed by atoms with van der Waals surface area (Å²) in [5.74, 6) is 1.01. The molecule has 190 valence electrons. The van der Waals surface area contributed by atoms with Crippen LogP contribution in [0.15, 0.2) is 115 Å². The van der Waals surface area contributed by atoms with Gasteiger partial charge in [0.05, 0.1) is 22.4 Å². The standard InChI is InChI=1S/C36H25N3O/c1-22-17-18-37-30(19-22)25-9-4-8-24(21-25)29-12-6-14-33(38-29)39-31-16-15-26-20-23-7-2-3-10-27(23)34(26)35(31)28-11-5-13-32(40)36(28)39/h2-19,21,40H,20H2,1H3. The summed E-state index contributed by atoms with van der Waals surface area (Å²) in [6.07, 6.45) is 2.77. The number of phenolic OH excluding ortho intramolecular Hbond substituents is 1. The molecule has 1 aliphatic rings. The minimum Gasteiger partial charge on any atom is -0.506 e. The van der Waals surface area contributed by atoms with Gasteiger partial charge < -0.3 is 5.11 Å². The van der Waals surface area contributed by atoms with Crippen molar-refractivity contribution < 1.29 is 5.11 Å². The van der Waals surface area contributed by atoms with Gasteiger partial charge in [-0.1, -0.05) is 66.7 Å². The number of aromatic hydroxyl groups is 1. The molecule has 0 saturated heterocycles. The van der Waals surface area contributed by atoms with Crippen LogP contribution in [0, 0.1) is 6.92 Å². The lowest BCUT2D eigenvalue weighted by molar-refractivity contribution is 0.479. The fourth-order valence-corrected chi connectivity index (χ4v) is 6.24. The molecule has 8 rings (SSSR count). The van der Waals surface area contributed by atoms with E-state index in [1.807, 2.05) is 36.5 Å². The molecule has 40 heavy (non-hydrogen) atoms. The Labute approximate surface area is 231 Å². The van der Waals surface area contributed by atoms with Crippen LogP contribution < -0.4 is 0 Å². The number of benzene rings is 4. The number of nitrogens with zero attached hydrogens (tertiary/aromatic N) is 3. The van der Waals surface area contributed by atoms with Crippen LogP contribution in [0.5, 0.6) is 5.75 Å². The Morgan fingerprint density at radius 3 is 2.45 bits per heavy atom. The number of aryl methyl sites for hydroxylation is 1. The average molecular weight is 516 g/mol. The number of phenols is 1. The van der Waals surface area contributed by atoms with Gasteiger partial charge in [-0.05, 0) is 83.6 Å². The van der Waals surface area contributed by atoms with E-state index in [4.69, 9.17) is 4.98 Å². The SMILES string of the molecule is Cc1ccnc(-c2cccc(-c3cccc(-n4c5ccc6c(c5c5cccc(O)c54)-c4ccccc4C6)n3)c2)c1. The van der Waals surface area contributed by atoms with Crippen molar-refractivity contribution in [3.05, 3.63) is 132 Å². The molecule has 0 unspecified atom stereocenters. The minimum absolute atomic E-state index is 0.244. The first kappa shape index (κ1) is 22.7. The summed E-state index contributed by atoms with van der Waals surface area (Å²) in [5, 5.41) is 13.4. The molecule has 0 saturated carbocycles. The summed E-state index contributed by atoms with van der Waals surface area (Å²) in [6.45, 7) is 2.08. The molecule has 3 heterocycles. The summed E-state index contributed by atoms with van der Waals surface area (Å²) in [4.78, 5) is 9.72. The summed E-state index contributed by atoms with van der Waals surface area (Å²) in [7, 11) is 0. The number of hydrogen-bond donors (Lipinski definition) is 1. The van der Waals surface area contributed by atoms with Crippen molar-refractivity contribution in [2.75, 3.05) is 0 Å². The highest BCUT2D eigenvalue weighted by Gasteiger charge is 2.25. The van der Waals surface area contributed by atoms with Crippen molar-refractivity contribution in [3.63, 3.8) is 0 Å². The van der Waals surface area contributed by atoms with Gasteiger partial charge in [0.15, 0.2) is 0 Å². The van der Waals surface area contributed by atoms with E-state index in [9.17, 15) is 5.11 Å². The van der Waals surface area contributed by atoms with Crippen LogP contribution in [0.1, 0.15) is 16.7 Å². The van der Waals surface area contributed by atoms with Gasteiger partial charge in [0.1, 0.15) is 11.6 Å². The molecule has 0 radical (unpaired) electrons. The number of pyridine rings is 2. The molecule has 4 heteroatoms. The maximum Gasteiger partial charge on any atom is 0.140 e. The number of rotatable bonds is 3. The van der Waals surface area contributed by atoms with Crippen molar-refractivity contribution in [1.29, 1.82) is 0 Å². The van der Waals surface area contributed by atoms with Gasteiger partial charge in [0.25, 0.3) is 0 Å². The molecule has 1 aliphatic carbocycles. The smallest absolute Gasteiger partial charge is 0.140 e. The van der Waals surface area contributed by atoms with Gasteiger partial charge in [0, 0.05) is 28.1 Å². The van der Waals surface area contributed by atoms with E-state index >= 15 is 0 Å². The van der Waals surface area contributed by atoms with E-state index < -0.39 is 0 Å².